The van der Waals surface area contributed by atoms with Gasteiger partial charge >= 0.3 is 24.3 Å². The van der Waals surface area contributed by atoms with E-state index in [2.05, 4.69) is 25.1 Å². The zero-order chi connectivity index (χ0) is 34.4. The minimum absolute atomic E-state index is 0.114. The van der Waals surface area contributed by atoms with Crippen molar-refractivity contribution in [1.29, 1.82) is 0 Å². The molecule has 5 N–H and O–H groups in total. The number of amides is 1. The molecular formula is C26H24ClF6N7O5S. The quantitative estimate of drug-likeness (QED) is 0.212. The molecule has 4 heterocycles. The number of fused-ring (bicyclic) bond motifs is 1. The third-order valence-electron chi connectivity index (χ3n) is 6.29. The lowest BCUT2D eigenvalue weighted by Crippen LogP contribution is -2.54. The Bertz CT molecular complexity index is 1670. The zero-order valence-electron chi connectivity index (χ0n) is 23.4. The summed E-state index contributed by atoms with van der Waals surface area (Å²) in [6.45, 7) is 4.59. The number of carbonyl (C=O) groups is 3. The van der Waals surface area contributed by atoms with Crippen LogP contribution in [0.3, 0.4) is 0 Å². The van der Waals surface area contributed by atoms with Crippen LogP contribution in [-0.4, -0.2) is 89.5 Å². The lowest BCUT2D eigenvalue weighted by molar-refractivity contribution is -0.193. The largest absolute Gasteiger partial charge is 0.490 e. The average molecular weight is 696 g/mol. The number of benzene rings is 1. The first-order valence-electron chi connectivity index (χ1n) is 12.8. The van der Waals surface area contributed by atoms with Gasteiger partial charge in [0.1, 0.15) is 17.8 Å². The molecule has 12 nitrogen and oxygen atoms in total. The summed E-state index contributed by atoms with van der Waals surface area (Å²) in [6, 6.07) is 11.5. The van der Waals surface area contributed by atoms with Gasteiger partial charge in [-0.3, -0.25) is 14.8 Å². The number of halogens is 7. The molecule has 1 aliphatic heterocycles. The number of nitrogens with zero attached hydrogens (tertiary/aromatic N) is 5. The number of nitrogens with one attached hydrogen (secondary N) is 1. The molecule has 5 rings (SSSR count). The second kappa shape index (κ2) is 14.7. The van der Waals surface area contributed by atoms with Crippen molar-refractivity contribution in [1.82, 2.24) is 30.0 Å². The lowest BCUT2D eigenvalue weighted by Gasteiger charge is -2.39. The summed E-state index contributed by atoms with van der Waals surface area (Å²) in [6.07, 6.45) is -8.71. The fourth-order valence-electron chi connectivity index (χ4n) is 4.03. The Hall–Kier alpha value is -4.49. The summed E-state index contributed by atoms with van der Waals surface area (Å²) in [5.41, 5.74) is 9.57. The highest BCUT2D eigenvalue weighted by Gasteiger charge is 2.39. The van der Waals surface area contributed by atoms with E-state index in [1.54, 1.807) is 0 Å². The van der Waals surface area contributed by atoms with Crippen molar-refractivity contribution in [3.8, 4) is 10.6 Å². The third kappa shape index (κ3) is 9.75. The molecule has 1 aromatic carbocycles. The molecule has 46 heavy (non-hydrogen) atoms. The molecule has 20 heteroatoms. The highest BCUT2D eigenvalue weighted by atomic mass is 35.5. The Balaban J connectivity index is 0.000000345. The van der Waals surface area contributed by atoms with Crippen LogP contribution >= 0.6 is 22.9 Å². The van der Waals surface area contributed by atoms with Gasteiger partial charge in [-0.15, -0.1) is 11.3 Å². The highest BCUT2D eigenvalue weighted by Crippen LogP contribution is 2.30. The van der Waals surface area contributed by atoms with Crippen LogP contribution in [0.5, 0.6) is 0 Å². The van der Waals surface area contributed by atoms with E-state index in [0.717, 1.165) is 43.6 Å². The topological polar surface area (TPSA) is 179 Å². The molecule has 0 saturated carbocycles. The van der Waals surface area contributed by atoms with E-state index >= 15 is 0 Å². The molecule has 0 spiro atoms. The average Bonchev–Trinajstić information content (AvgIpc) is 3.61. The van der Waals surface area contributed by atoms with Crippen molar-refractivity contribution in [2.45, 2.75) is 38.4 Å². The molecule has 1 amide bonds. The molecule has 0 radical (unpaired) electrons. The Morgan fingerprint density at radius 3 is 2.22 bits per heavy atom. The van der Waals surface area contributed by atoms with Crippen LogP contribution in [0.1, 0.15) is 18.2 Å². The molecule has 1 saturated heterocycles. The molecule has 0 unspecified atom stereocenters. The fraction of sp³-hybridized carbons (Fsp3) is 0.308. The first kappa shape index (κ1) is 36.0. The van der Waals surface area contributed by atoms with Crippen LogP contribution in [0, 0.1) is 0 Å². The summed E-state index contributed by atoms with van der Waals surface area (Å²) in [5.74, 6) is -4.94. The Morgan fingerprint density at radius 1 is 1.02 bits per heavy atom. The van der Waals surface area contributed by atoms with Crippen LogP contribution in [-0.2, 0) is 27.5 Å². The van der Waals surface area contributed by atoms with E-state index < -0.39 is 24.3 Å². The number of H-pyrrole nitrogens is 1. The van der Waals surface area contributed by atoms with E-state index in [-0.39, 0.29) is 11.9 Å². The first-order valence-corrected chi connectivity index (χ1v) is 14.0. The van der Waals surface area contributed by atoms with Crippen molar-refractivity contribution < 1.29 is 50.9 Å². The Labute approximate surface area is 264 Å². The predicted molar refractivity (Wildman–Crippen MR) is 154 cm³/mol. The molecule has 1 aliphatic rings. The number of nitrogens with two attached hydrogens (primary N) is 1. The summed E-state index contributed by atoms with van der Waals surface area (Å²) < 4.78 is 64.2. The number of alkyl halides is 6. The van der Waals surface area contributed by atoms with E-state index in [0.29, 0.717) is 25.5 Å². The second-order valence-electron chi connectivity index (χ2n) is 9.50. The monoisotopic (exact) mass is 695 g/mol. The number of hydrogen-bond donors (Lipinski definition) is 4. The Morgan fingerprint density at radius 2 is 1.65 bits per heavy atom. The number of aromatic amines is 1. The molecule has 1 atom stereocenters. The van der Waals surface area contributed by atoms with Gasteiger partial charge in [-0.25, -0.2) is 19.6 Å². The number of aliphatic carboxylic acids is 2. The van der Waals surface area contributed by atoms with Crippen LogP contribution in [0.4, 0.5) is 32.2 Å². The summed E-state index contributed by atoms with van der Waals surface area (Å²) in [5, 5.41) is 22.6. The first-order chi connectivity index (χ1) is 21.4. The number of hydrogen-bond acceptors (Lipinski definition) is 9. The Kier molecular flexibility index (Phi) is 11.5. The maximum absolute atomic E-state index is 13.1. The number of carboxylic acid groups (broad SMARTS) is 2. The molecule has 248 valence electrons. The SMILES string of the molecule is C[C@H]1C(=O)N(Cc2ccc3c(N)ncnc3c2)CCN1Cc1cc(-c2ccc(Cl)s2)n[nH]1.O=C(O)C(F)(F)F.O=C(O)C(F)(F)F. The summed E-state index contributed by atoms with van der Waals surface area (Å²) in [4.78, 5) is 44.3. The summed E-state index contributed by atoms with van der Waals surface area (Å²) in [7, 11) is 0. The van der Waals surface area contributed by atoms with Gasteiger partial charge in [0.05, 0.1) is 20.8 Å². The second-order valence-corrected chi connectivity index (χ2v) is 11.2. The number of anilines is 1. The van der Waals surface area contributed by atoms with Crippen LogP contribution in [0.15, 0.2) is 42.7 Å². The molecule has 0 bridgehead atoms. The van der Waals surface area contributed by atoms with Gasteiger partial charge in [-0.1, -0.05) is 17.7 Å². The maximum atomic E-state index is 13.1. The van der Waals surface area contributed by atoms with Crippen molar-refractivity contribution in [2.75, 3.05) is 18.8 Å². The van der Waals surface area contributed by atoms with Gasteiger partial charge in [0.15, 0.2) is 0 Å². The van der Waals surface area contributed by atoms with Crippen LogP contribution < -0.4 is 5.73 Å². The van der Waals surface area contributed by atoms with E-state index in [1.807, 2.05) is 48.2 Å². The number of thiophene rings is 1. The van der Waals surface area contributed by atoms with Crippen molar-refractivity contribution in [2.24, 2.45) is 0 Å². The number of nitrogen functional groups attached to an aromatic ring is 1. The van der Waals surface area contributed by atoms with Gasteiger partial charge in [0.2, 0.25) is 5.91 Å². The standard InChI is InChI=1S/C22H22ClN7OS.2C2HF3O2/c1-13-22(31)30(10-14-2-3-16-17(8-14)25-12-26-21(16)24)7-6-29(13)11-15-9-18(28-27-15)19-4-5-20(23)32-19;2*3-2(4,5)1(6)7/h2-5,8-9,12-13H,6-7,10-11H2,1H3,(H,27,28)(H2,24,25,26);2*(H,6,7)/t13-;;/m0../s1. The number of piperazine rings is 1. The molecule has 0 aliphatic carbocycles. The van der Waals surface area contributed by atoms with E-state index in [9.17, 15) is 31.1 Å². The minimum Gasteiger partial charge on any atom is -0.475 e. The number of carbonyl (C=O) groups excluding carboxylic acids is 1. The molecule has 4 aromatic rings. The summed E-state index contributed by atoms with van der Waals surface area (Å²) >= 11 is 7.53. The van der Waals surface area contributed by atoms with Gasteiger partial charge in [-0.2, -0.15) is 31.4 Å². The zero-order valence-corrected chi connectivity index (χ0v) is 25.0. The minimum atomic E-state index is -5.08. The lowest BCUT2D eigenvalue weighted by atomic mass is 10.1. The molecule has 1 fully saturated rings. The van der Waals surface area contributed by atoms with Gasteiger partial charge in [0.25, 0.3) is 0 Å². The number of rotatable bonds is 5. The maximum Gasteiger partial charge on any atom is 0.490 e. The fourth-order valence-corrected chi connectivity index (χ4v) is 5.03. The highest BCUT2D eigenvalue weighted by molar-refractivity contribution is 7.19. The van der Waals surface area contributed by atoms with E-state index in [4.69, 9.17) is 37.1 Å². The van der Waals surface area contributed by atoms with Gasteiger partial charge in [-0.05, 0) is 42.8 Å². The predicted octanol–water partition coefficient (Wildman–Crippen LogP) is 4.82. The van der Waals surface area contributed by atoms with E-state index in [1.165, 1.54) is 17.7 Å². The van der Waals surface area contributed by atoms with Crippen molar-refractivity contribution in [3.05, 3.63) is 58.3 Å². The van der Waals surface area contributed by atoms with Crippen molar-refractivity contribution >= 4 is 57.5 Å². The van der Waals surface area contributed by atoms with Gasteiger partial charge in [0, 0.05) is 37.3 Å². The number of aromatic nitrogens is 4. The smallest absolute Gasteiger partial charge is 0.475 e. The van der Waals surface area contributed by atoms with Crippen molar-refractivity contribution in [3.63, 3.8) is 0 Å². The number of carboxylic acids is 2. The van der Waals surface area contributed by atoms with Crippen LogP contribution in [0.25, 0.3) is 21.5 Å². The molecular weight excluding hydrogens is 672 g/mol. The molecule has 3 aromatic heterocycles. The third-order valence-corrected chi connectivity index (χ3v) is 7.55. The van der Waals surface area contributed by atoms with Gasteiger partial charge < -0.3 is 20.8 Å². The normalized spacial score (nSPS) is 15.5. The van der Waals surface area contributed by atoms with Crippen LogP contribution in [0.2, 0.25) is 4.34 Å².